The highest BCUT2D eigenvalue weighted by atomic mass is 32.1. The standard InChI is InChI=1S/C15H20N6S/c1-10-3-4-13-12(7-10)11(2)18-15(19-13)20-14-16-8-21(5-6-22)9-17-14/h3-4,7,22H,5-6,8-9H2,1-2H3,(H2,16,17,18,19,20). The zero-order chi connectivity index (χ0) is 15.5. The normalized spacial score (nSPS) is 15.5. The molecule has 0 amide bonds. The Bertz CT molecular complexity index is 714. The minimum atomic E-state index is 0.572. The second-order valence-corrected chi connectivity index (χ2v) is 5.83. The molecular weight excluding hydrogens is 296 g/mol. The predicted molar refractivity (Wildman–Crippen MR) is 93.5 cm³/mol. The van der Waals surface area contributed by atoms with E-state index in [1.54, 1.807) is 0 Å². The molecule has 1 aromatic heterocycles. The van der Waals surface area contributed by atoms with Gasteiger partial charge in [0.1, 0.15) is 0 Å². The van der Waals surface area contributed by atoms with Crippen LogP contribution in [0.5, 0.6) is 0 Å². The van der Waals surface area contributed by atoms with E-state index in [0.29, 0.717) is 18.6 Å². The molecule has 0 saturated carbocycles. The van der Waals surface area contributed by atoms with E-state index in [-0.39, 0.29) is 0 Å². The van der Waals surface area contributed by atoms with Crippen LogP contribution in [0.25, 0.3) is 10.9 Å². The third kappa shape index (κ3) is 3.31. The summed E-state index contributed by atoms with van der Waals surface area (Å²) < 4.78 is 0. The van der Waals surface area contributed by atoms with Gasteiger partial charge < -0.3 is 5.32 Å². The molecule has 0 unspecified atom stereocenters. The predicted octanol–water partition coefficient (Wildman–Crippen LogP) is 1.76. The van der Waals surface area contributed by atoms with E-state index in [1.165, 1.54) is 5.56 Å². The van der Waals surface area contributed by atoms with Crippen molar-refractivity contribution in [3.63, 3.8) is 0 Å². The number of fused-ring (bicyclic) bond motifs is 1. The lowest BCUT2D eigenvalue weighted by Crippen LogP contribution is -2.46. The van der Waals surface area contributed by atoms with E-state index >= 15 is 0 Å². The molecule has 22 heavy (non-hydrogen) atoms. The third-order valence-electron chi connectivity index (χ3n) is 3.59. The number of thiol groups is 1. The molecule has 1 aliphatic heterocycles. The highest BCUT2D eigenvalue weighted by Gasteiger charge is 2.12. The summed E-state index contributed by atoms with van der Waals surface area (Å²) in [6.45, 7) is 6.39. The molecule has 0 radical (unpaired) electrons. The highest BCUT2D eigenvalue weighted by Crippen LogP contribution is 2.18. The molecule has 0 spiro atoms. The van der Waals surface area contributed by atoms with Crippen LogP contribution in [0.1, 0.15) is 11.3 Å². The summed E-state index contributed by atoms with van der Waals surface area (Å²) in [4.78, 5) is 15.7. The fraction of sp³-hybridized carbons (Fsp3) is 0.400. The lowest BCUT2D eigenvalue weighted by atomic mass is 10.1. The van der Waals surface area contributed by atoms with Gasteiger partial charge in [-0.3, -0.25) is 10.2 Å². The van der Waals surface area contributed by atoms with Gasteiger partial charge in [0.05, 0.1) is 24.5 Å². The molecule has 2 aromatic rings. The van der Waals surface area contributed by atoms with Crippen molar-refractivity contribution < 1.29 is 0 Å². The van der Waals surface area contributed by atoms with Crippen molar-refractivity contribution in [2.24, 2.45) is 4.99 Å². The molecule has 0 aliphatic carbocycles. The lowest BCUT2D eigenvalue weighted by Gasteiger charge is -2.26. The van der Waals surface area contributed by atoms with Gasteiger partial charge in [-0.1, -0.05) is 11.6 Å². The van der Waals surface area contributed by atoms with Gasteiger partial charge in [0.15, 0.2) is 0 Å². The van der Waals surface area contributed by atoms with Crippen molar-refractivity contribution in [1.29, 1.82) is 0 Å². The summed E-state index contributed by atoms with van der Waals surface area (Å²) >= 11 is 4.23. The van der Waals surface area contributed by atoms with Gasteiger partial charge in [-0.2, -0.15) is 12.6 Å². The molecule has 0 atom stereocenters. The molecule has 2 N–H and O–H groups in total. The Labute approximate surface area is 135 Å². The van der Waals surface area contributed by atoms with Gasteiger partial charge >= 0.3 is 0 Å². The Morgan fingerprint density at radius 1 is 1.32 bits per heavy atom. The van der Waals surface area contributed by atoms with Crippen molar-refractivity contribution in [3.05, 3.63) is 29.5 Å². The van der Waals surface area contributed by atoms with Gasteiger partial charge in [0.2, 0.25) is 11.9 Å². The summed E-state index contributed by atoms with van der Waals surface area (Å²) in [5.74, 6) is 2.11. The first-order valence-electron chi connectivity index (χ1n) is 7.29. The van der Waals surface area contributed by atoms with Gasteiger partial charge in [0.25, 0.3) is 0 Å². The van der Waals surface area contributed by atoms with Crippen LogP contribution in [0.15, 0.2) is 23.2 Å². The summed E-state index contributed by atoms with van der Waals surface area (Å²) in [5.41, 5.74) is 3.11. The first-order chi connectivity index (χ1) is 10.7. The maximum absolute atomic E-state index is 4.56. The number of nitrogens with zero attached hydrogens (tertiary/aromatic N) is 4. The Morgan fingerprint density at radius 3 is 2.91 bits per heavy atom. The number of nitrogens with one attached hydrogen (secondary N) is 2. The maximum Gasteiger partial charge on any atom is 0.230 e. The van der Waals surface area contributed by atoms with Crippen LogP contribution in [0.3, 0.4) is 0 Å². The Kier molecular flexibility index (Phi) is 4.44. The first kappa shape index (κ1) is 15.1. The van der Waals surface area contributed by atoms with Crippen LogP contribution in [0.2, 0.25) is 0 Å². The molecule has 116 valence electrons. The number of hydrogen-bond donors (Lipinski definition) is 3. The lowest BCUT2D eigenvalue weighted by molar-refractivity contribution is 0.282. The Balaban J connectivity index is 1.79. The average Bonchev–Trinajstić information content (AvgIpc) is 2.50. The van der Waals surface area contributed by atoms with E-state index in [0.717, 1.165) is 35.6 Å². The van der Waals surface area contributed by atoms with Gasteiger partial charge in [-0.05, 0) is 26.0 Å². The fourth-order valence-corrected chi connectivity index (χ4v) is 2.68. The number of anilines is 1. The molecular formula is C15H20N6S. The monoisotopic (exact) mass is 316 g/mol. The van der Waals surface area contributed by atoms with Crippen molar-refractivity contribution in [2.75, 3.05) is 31.0 Å². The summed E-state index contributed by atoms with van der Waals surface area (Å²) in [6, 6.07) is 6.19. The maximum atomic E-state index is 4.56. The summed E-state index contributed by atoms with van der Waals surface area (Å²) in [7, 11) is 0. The average molecular weight is 316 g/mol. The number of rotatable bonds is 3. The minimum absolute atomic E-state index is 0.572. The van der Waals surface area contributed by atoms with Crippen molar-refractivity contribution in [2.45, 2.75) is 13.8 Å². The van der Waals surface area contributed by atoms with Gasteiger partial charge in [-0.25, -0.2) is 15.0 Å². The minimum Gasteiger partial charge on any atom is -0.343 e. The number of hydrogen-bond acceptors (Lipinski definition) is 7. The van der Waals surface area contributed by atoms with E-state index in [4.69, 9.17) is 0 Å². The Hall–Kier alpha value is -1.86. The summed E-state index contributed by atoms with van der Waals surface area (Å²) in [5, 5.41) is 7.48. The second kappa shape index (κ2) is 6.50. The van der Waals surface area contributed by atoms with Gasteiger partial charge in [0, 0.05) is 17.7 Å². The van der Waals surface area contributed by atoms with E-state index in [2.05, 4.69) is 62.2 Å². The van der Waals surface area contributed by atoms with Gasteiger partial charge in [-0.15, -0.1) is 0 Å². The van der Waals surface area contributed by atoms with Crippen LogP contribution in [0, 0.1) is 13.8 Å². The largest absolute Gasteiger partial charge is 0.343 e. The van der Waals surface area contributed by atoms with E-state index in [9.17, 15) is 0 Å². The Morgan fingerprint density at radius 2 is 2.18 bits per heavy atom. The van der Waals surface area contributed by atoms with Crippen LogP contribution in [0.4, 0.5) is 5.95 Å². The van der Waals surface area contributed by atoms with Crippen molar-refractivity contribution >= 4 is 35.4 Å². The molecule has 2 heterocycles. The zero-order valence-electron chi connectivity index (χ0n) is 12.8. The molecule has 6 nitrogen and oxygen atoms in total. The number of guanidine groups is 1. The molecule has 0 bridgehead atoms. The number of benzene rings is 1. The van der Waals surface area contributed by atoms with Crippen molar-refractivity contribution in [1.82, 2.24) is 20.2 Å². The topological polar surface area (TPSA) is 65.4 Å². The van der Waals surface area contributed by atoms with E-state index < -0.39 is 0 Å². The third-order valence-corrected chi connectivity index (χ3v) is 3.79. The fourth-order valence-electron chi connectivity index (χ4n) is 2.40. The number of aromatic nitrogens is 2. The SMILES string of the molecule is Cc1ccc2nc(NC3=NCN(CCS)CN3)nc(C)c2c1. The smallest absolute Gasteiger partial charge is 0.230 e. The molecule has 0 fully saturated rings. The molecule has 3 rings (SSSR count). The first-order valence-corrected chi connectivity index (χ1v) is 7.92. The summed E-state index contributed by atoms with van der Waals surface area (Å²) in [6.07, 6.45) is 0. The molecule has 1 aromatic carbocycles. The molecule has 0 saturated heterocycles. The van der Waals surface area contributed by atoms with Crippen LogP contribution in [-0.2, 0) is 0 Å². The number of aryl methyl sites for hydroxylation is 2. The van der Waals surface area contributed by atoms with E-state index in [1.807, 2.05) is 13.0 Å². The zero-order valence-corrected chi connectivity index (χ0v) is 13.7. The second-order valence-electron chi connectivity index (χ2n) is 5.38. The quantitative estimate of drug-likeness (QED) is 0.753. The number of aliphatic imine (C=N–C) groups is 1. The van der Waals surface area contributed by atoms with Crippen LogP contribution >= 0.6 is 12.6 Å². The van der Waals surface area contributed by atoms with Crippen molar-refractivity contribution in [3.8, 4) is 0 Å². The highest BCUT2D eigenvalue weighted by molar-refractivity contribution is 7.80. The van der Waals surface area contributed by atoms with Crippen LogP contribution < -0.4 is 10.6 Å². The van der Waals surface area contributed by atoms with Crippen LogP contribution in [-0.4, -0.2) is 46.5 Å². The molecule has 7 heteroatoms. The molecule has 1 aliphatic rings.